The minimum atomic E-state index is -0.400. The highest BCUT2D eigenvalue weighted by Gasteiger charge is 2.08. The van der Waals surface area contributed by atoms with E-state index < -0.39 is 4.92 Å². The van der Waals surface area contributed by atoms with E-state index >= 15 is 0 Å². The summed E-state index contributed by atoms with van der Waals surface area (Å²) < 4.78 is 5.61. The van der Waals surface area contributed by atoms with Crippen LogP contribution in [-0.4, -0.2) is 36.1 Å². The van der Waals surface area contributed by atoms with Gasteiger partial charge in [-0.15, -0.1) is 0 Å². The Labute approximate surface area is 119 Å². The second kappa shape index (κ2) is 7.85. The average Bonchev–Trinajstić information content (AvgIpc) is 2.73. The van der Waals surface area contributed by atoms with Crippen molar-refractivity contribution in [2.75, 3.05) is 26.2 Å². The normalized spacial score (nSPS) is 16.6. The Morgan fingerprint density at radius 1 is 1.10 bits per heavy atom. The third-order valence-electron chi connectivity index (χ3n) is 3.63. The molecule has 0 amide bonds. The van der Waals surface area contributed by atoms with Gasteiger partial charge in [0.05, 0.1) is 11.5 Å². The van der Waals surface area contributed by atoms with Gasteiger partial charge in [0.25, 0.3) is 5.69 Å². The van der Waals surface area contributed by atoms with E-state index in [1.165, 1.54) is 50.9 Å². The number of nitro groups is 1. The van der Waals surface area contributed by atoms with Crippen LogP contribution in [0.3, 0.4) is 0 Å². The van der Waals surface area contributed by atoms with Gasteiger partial charge in [-0.2, -0.15) is 0 Å². The Hall–Kier alpha value is -1.62. The predicted octanol–water partition coefficient (Wildman–Crippen LogP) is 3.24. The van der Waals surface area contributed by atoms with Gasteiger partial charge in [0.15, 0.2) is 0 Å². The van der Waals surface area contributed by atoms with Gasteiger partial charge in [-0.25, -0.2) is 0 Å². The van der Waals surface area contributed by atoms with Crippen LogP contribution >= 0.6 is 0 Å². The highest BCUT2D eigenvalue weighted by atomic mass is 16.6. The summed E-state index contributed by atoms with van der Waals surface area (Å²) in [6.45, 7) is 4.15. The van der Waals surface area contributed by atoms with Crippen molar-refractivity contribution in [2.45, 2.75) is 32.1 Å². The molecular formula is C15H22N2O3. The van der Waals surface area contributed by atoms with Crippen molar-refractivity contribution in [1.82, 2.24) is 4.90 Å². The lowest BCUT2D eigenvalue weighted by Gasteiger charge is -2.19. The van der Waals surface area contributed by atoms with Gasteiger partial charge < -0.3 is 9.64 Å². The number of hydrogen-bond acceptors (Lipinski definition) is 4. The fraction of sp³-hybridized carbons (Fsp3) is 0.600. The van der Waals surface area contributed by atoms with E-state index in [4.69, 9.17) is 4.74 Å². The summed E-state index contributed by atoms with van der Waals surface area (Å²) in [5, 5.41) is 10.5. The van der Waals surface area contributed by atoms with Crippen molar-refractivity contribution in [3.63, 3.8) is 0 Å². The molecule has 0 radical (unpaired) electrons. The smallest absolute Gasteiger partial charge is 0.269 e. The van der Waals surface area contributed by atoms with Crippen molar-refractivity contribution >= 4 is 5.69 Å². The van der Waals surface area contributed by atoms with E-state index in [2.05, 4.69) is 4.90 Å². The molecule has 2 rings (SSSR count). The van der Waals surface area contributed by atoms with Gasteiger partial charge in [0.1, 0.15) is 5.75 Å². The van der Waals surface area contributed by atoms with E-state index in [0.29, 0.717) is 12.4 Å². The van der Waals surface area contributed by atoms with E-state index in [1.54, 1.807) is 12.1 Å². The van der Waals surface area contributed by atoms with Crippen LogP contribution in [0.15, 0.2) is 24.3 Å². The predicted molar refractivity (Wildman–Crippen MR) is 78.1 cm³/mol. The molecule has 0 bridgehead atoms. The summed E-state index contributed by atoms with van der Waals surface area (Å²) in [5.74, 6) is 0.700. The van der Waals surface area contributed by atoms with Crippen molar-refractivity contribution in [3.8, 4) is 5.75 Å². The first kappa shape index (κ1) is 14.8. The summed E-state index contributed by atoms with van der Waals surface area (Å²) in [5.41, 5.74) is 0.0990. The van der Waals surface area contributed by atoms with Crippen LogP contribution in [0.25, 0.3) is 0 Å². The van der Waals surface area contributed by atoms with Gasteiger partial charge in [-0.3, -0.25) is 10.1 Å². The maximum Gasteiger partial charge on any atom is 0.269 e. The number of nitrogens with zero attached hydrogens (tertiary/aromatic N) is 2. The molecule has 1 aromatic rings. The summed E-state index contributed by atoms with van der Waals surface area (Å²) in [6.07, 6.45) is 6.33. The zero-order valence-electron chi connectivity index (χ0n) is 11.8. The molecule has 0 saturated carbocycles. The van der Waals surface area contributed by atoms with E-state index in [1.807, 2.05) is 0 Å². The van der Waals surface area contributed by atoms with Crippen LogP contribution in [-0.2, 0) is 0 Å². The summed E-state index contributed by atoms with van der Waals surface area (Å²) in [7, 11) is 0. The van der Waals surface area contributed by atoms with E-state index in [-0.39, 0.29) is 5.69 Å². The molecule has 0 N–H and O–H groups in total. The fourth-order valence-electron chi connectivity index (χ4n) is 2.50. The Morgan fingerprint density at radius 3 is 2.35 bits per heavy atom. The number of benzene rings is 1. The molecule has 1 aromatic carbocycles. The largest absolute Gasteiger partial charge is 0.494 e. The molecule has 0 aromatic heterocycles. The molecule has 1 saturated heterocycles. The fourth-order valence-corrected chi connectivity index (χ4v) is 2.50. The second-order valence-electron chi connectivity index (χ2n) is 5.21. The van der Waals surface area contributed by atoms with E-state index in [9.17, 15) is 10.1 Å². The molecule has 1 fully saturated rings. The summed E-state index contributed by atoms with van der Waals surface area (Å²) >= 11 is 0. The third kappa shape index (κ3) is 4.81. The van der Waals surface area contributed by atoms with Crippen molar-refractivity contribution in [2.24, 2.45) is 0 Å². The molecule has 20 heavy (non-hydrogen) atoms. The van der Waals surface area contributed by atoms with Crippen molar-refractivity contribution < 1.29 is 9.66 Å². The van der Waals surface area contributed by atoms with Gasteiger partial charge >= 0.3 is 0 Å². The minimum Gasteiger partial charge on any atom is -0.494 e. The van der Waals surface area contributed by atoms with Crippen LogP contribution in [0, 0.1) is 10.1 Å². The quantitative estimate of drug-likeness (QED) is 0.455. The van der Waals surface area contributed by atoms with Crippen LogP contribution in [0.2, 0.25) is 0 Å². The standard InChI is InChI=1S/C15H22N2O3/c18-17(19)14-6-8-15(9-7-14)20-13-5-12-16-10-3-1-2-4-11-16/h6-9H,1-5,10-13H2. The first-order valence-electron chi connectivity index (χ1n) is 7.35. The van der Waals surface area contributed by atoms with Gasteiger partial charge in [-0.05, 0) is 44.5 Å². The number of non-ortho nitro benzene ring substituents is 1. The first-order chi connectivity index (χ1) is 9.75. The molecular weight excluding hydrogens is 256 g/mol. The van der Waals surface area contributed by atoms with Crippen LogP contribution in [0.5, 0.6) is 5.75 Å². The Balaban J connectivity index is 1.66. The average molecular weight is 278 g/mol. The monoisotopic (exact) mass is 278 g/mol. The summed E-state index contributed by atoms with van der Waals surface area (Å²) in [4.78, 5) is 12.6. The van der Waals surface area contributed by atoms with Gasteiger partial charge in [0.2, 0.25) is 0 Å². The number of likely N-dealkylation sites (tertiary alicyclic amines) is 1. The first-order valence-corrected chi connectivity index (χ1v) is 7.35. The molecule has 0 spiro atoms. The molecule has 5 heteroatoms. The molecule has 0 aliphatic carbocycles. The van der Waals surface area contributed by atoms with Crippen LogP contribution in [0.4, 0.5) is 5.69 Å². The zero-order chi connectivity index (χ0) is 14.2. The van der Waals surface area contributed by atoms with E-state index in [0.717, 1.165) is 13.0 Å². The molecule has 0 unspecified atom stereocenters. The highest BCUT2D eigenvalue weighted by molar-refractivity contribution is 5.35. The van der Waals surface area contributed by atoms with Gasteiger partial charge in [0, 0.05) is 18.7 Å². The number of rotatable bonds is 6. The number of nitro benzene ring substituents is 1. The lowest BCUT2D eigenvalue weighted by Crippen LogP contribution is -2.26. The topological polar surface area (TPSA) is 55.6 Å². The lowest BCUT2D eigenvalue weighted by molar-refractivity contribution is -0.384. The molecule has 5 nitrogen and oxygen atoms in total. The Bertz CT molecular complexity index is 412. The summed E-state index contributed by atoms with van der Waals surface area (Å²) in [6, 6.07) is 6.27. The van der Waals surface area contributed by atoms with Crippen molar-refractivity contribution in [3.05, 3.63) is 34.4 Å². The van der Waals surface area contributed by atoms with Crippen molar-refractivity contribution in [1.29, 1.82) is 0 Å². The Kier molecular flexibility index (Phi) is 5.80. The molecule has 1 aliphatic heterocycles. The number of ether oxygens (including phenoxy) is 1. The molecule has 1 heterocycles. The third-order valence-corrected chi connectivity index (χ3v) is 3.63. The molecule has 1 aliphatic rings. The molecule has 0 atom stereocenters. The Morgan fingerprint density at radius 2 is 1.75 bits per heavy atom. The lowest BCUT2D eigenvalue weighted by atomic mass is 10.2. The van der Waals surface area contributed by atoms with Crippen LogP contribution < -0.4 is 4.74 Å². The SMILES string of the molecule is O=[N+]([O-])c1ccc(OCCCN2CCCCCC2)cc1. The maximum absolute atomic E-state index is 10.5. The highest BCUT2D eigenvalue weighted by Crippen LogP contribution is 2.17. The maximum atomic E-state index is 10.5. The minimum absolute atomic E-state index is 0.0990. The zero-order valence-corrected chi connectivity index (χ0v) is 11.8. The second-order valence-corrected chi connectivity index (χ2v) is 5.21. The van der Waals surface area contributed by atoms with Gasteiger partial charge in [-0.1, -0.05) is 12.8 Å². The van der Waals surface area contributed by atoms with Crippen LogP contribution in [0.1, 0.15) is 32.1 Å². The number of hydrogen-bond donors (Lipinski definition) is 0. The molecule has 110 valence electrons.